The van der Waals surface area contributed by atoms with E-state index in [2.05, 4.69) is 58.7 Å². The van der Waals surface area contributed by atoms with E-state index in [0.29, 0.717) is 17.6 Å². The Kier molecular flexibility index (Phi) is 5.22. The predicted octanol–water partition coefficient (Wildman–Crippen LogP) is 2.51. The Hall–Kier alpha value is -0.120. The fourth-order valence-corrected chi connectivity index (χ4v) is 2.87. The lowest BCUT2D eigenvalue weighted by atomic mass is 9.86. The topological polar surface area (TPSA) is 24.5 Å². The summed E-state index contributed by atoms with van der Waals surface area (Å²) in [6, 6.07) is 0.531. The van der Waals surface area contributed by atoms with E-state index in [1.54, 1.807) is 0 Å². The average Bonchev–Trinajstić information content (AvgIpc) is 2.12. The van der Waals surface area contributed by atoms with Crippen molar-refractivity contribution in [3.8, 4) is 0 Å². The summed E-state index contributed by atoms with van der Waals surface area (Å²) in [5.41, 5.74) is 0.272. The van der Waals surface area contributed by atoms with Crippen molar-refractivity contribution < 1.29 is 4.74 Å². The SMILES string of the molecule is CCNC(CN1CC(C)OC(C)(C)C1)C(C)(C)C. The van der Waals surface area contributed by atoms with Crippen LogP contribution in [0.1, 0.15) is 48.5 Å². The zero-order valence-electron chi connectivity index (χ0n) is 13.3. The van der Waals surface area contributed by atoms with Crippen LogP contribution in [0.2, 0.25) is 0 Å². The lowest BCUT2D eigenvalue weighted by Crippen LogP contribution is -2.57. The van der Waals surface area contributed by atoms with Crippen LogP contribution in [0, 0.1) is 5.41 Å². The van der Waals surface area contributed by atoms with E-state index < -0.39 is 0 Å². The van der Waals surface area contributed by atoms with Gasteiger partial charge in [0.05, 0.1) is 11.7 Å². The van der Waals surface area contributed by atoms with Gasteiger partial charge in [0, 0.05) is 25.7 Å². The van der Waals surface area contributed by atoms with Gasteiger partial charge in [0.2, 0.25) is 0 Å². The molecule has 1 N–H and O–H groups in total. The summed E-state index contributed by atoms with van der Waals surface area (Å²) in [6.45, 7) is 19.9. The number of hydrogen-bond acceptors (Lipinski definition) is 3. The summed E-state index contributed by atoms with van der Waals surface area (Å²) in [5, 5.41) is 3.63. The summed E-state index contributed by atoms with van der Waals surface area (Å²) in [4.78, 5) is 2.55. The molecule has 1 rings (SSSR count). The first-order valence-electron chi connectivity index (χ1n) is 7.27. The molecule has 0 bridgehead atoms. The first-order valence-corrected chi connectivity index (χ1v) is 7.27. The van der Waals surface area contributed by atoms with Gasteiger partial charge in [-0.05, 0) is 32.7 Å². The second kappa shape index (κ2) is 5.89. The van der Waals surface area contributed by atoms with Crippen molar-refractivity contribution >= 4 is 0 Å². The van der Waals surface area contributed by atoms with Crippen molar-refractivity contribution in [2.75, 3.05) is 26.2 Å². The third-order valence-electron chi connectivity index (χ3n) is 3.58. The summed E-state index contributed by atoms with van der Waals surface area (Å²) < 4.78 is 5.97. The van der Waals surface area contributed by atoms with Crippen LogP contribution < -0.4 is 5.32 Å². The van der Waals surface area contributed by atoms with Gasteiger partial charge in [-0.2, -0.15) is 0 Å². The molecular formula is C15H32N2O. The molecule has 108 valence electrons. The van der Waals surface area contributed by atoms with Gasteiger partial charge in [0.15, 0.2) is 0 Å². The van der Waals surface area contributed by atoms with E-state index in [1.165, 1.54) is 0 Å². The van der Waals surface area contributed by atoms with Gasteiger partial charge in [-0.25, -0.2) is 0 Å². The van der Waals surface area contributed by atoms with Crippen LogP contribution in [-0.2, 0) is 4.74 Å². The van der Waals surface area contributed by atoms with Crippen LogP contribution in [-0.4, -0.2) is 48.8 Å². The van der Waals surface area contributed by atoms with Crippen LogP contribution in [0.15, 0.2) is 0 Å². The second-order valence-corrected chi connectivity index (χ2v) is 7.36. The van der Waals surface area contributed by atoms with E-state index in [4.69, 9.17) is 4.74 Å². The Morgan fingerprint density at radius 2 is 2.00 bits per heavy atom. The van der Waals surface area contributed by atoms with E-state index in [0.717, 1.165) is 26.2 Å². The second-order valence-electron chi connectivity index (χ2n) is 7.36. The Bertz CT molecular complexity index is 258. The van der Waals surface area contributed by atoms with Crippen molar-refractivity contribution in [1.82, 2.24) is 10.2 Å². The lowest BCUT2D eigenvalue weighted by Gasteiger charge is -2.44. The molecule has 1 aliphatic rings. The van der Waals surface area contributed by atoms with E-state index in [-0.39, 0.29) is 5.60 Å². The standard InChI is InChI=1S/C15H32N2O/c1-8-16-13(14(3,4)5)10-17-9-12(2)18-15(6,7)11-17/h12-13,16H,8-11H2,1-7H3. The highest BCUT2D eigenvalue weighted by molar-refractivity contribution is 4.88. The van der Waals surface area contributed by atoms with E-state index in [9.17, 15) is 0 Å². The van der Waals surface area contributed by atoms with Crippen molar-refractivity contribution in [3.05, 3.63) is 0 Å². The highest BCUT2D eigenvalue weighted by Gasteiger charge is 2.34. The number of rotatable bonds is 4. The maximum atomic E-state index is 5.97. The maximum absolute atomic E-state index is 5.97. The molecular weight excluding hydrogens is 224 g/mol. The molecule has 1 fully saturated rings. The van der Waals surface area contributed by atoms with Gasteiger partial charge in [0.1, 0.15) is 0 Å². The Balaban J connectivity index is 2.63. The van der Waals surface area contributed by atoms with Crippen molar-refractivity contribution in [2.24, 2.45) is 5.41 Å². The van der Waals surface area contributed by atoms with Gasteiger partial charge in [-0.1, -0.05) is 27.7 Å². The molecule has 18 heavy (non-hydrogen) atoms. The highest BCUT2D eigenvalue weighted by Crippen LogP contribution is 2.24. The number of nitrogens with zero attached hydrogens (tertiary/aromatic N) is 1. The van der Waals surface area contributed by atoms with Crippen LogP contribution in [0.5, 0.6) is 0 Å². The van der Waals surface area contributed by atoms with E-state index >= 15 is 0 Å². The molecule has 0 amide bonds. The van der Waals surface area contributed by atoms with Crippen LogP contribution in [0.3, 0.4) is 0 Å². The van der Waals surface area contributed by atoms with Gasteiger partial charge in [-0.15, -0.1) is 0 Å². The molecule has 2 unspecified atom stereocenters. The minimum atomic E-state index is -0.0215. The van der Waals surface area contributed by atoms with Gasteiger partial charge >= 0.3 is 0 Å². The quantitative estimate of drug-likeness (QED) is 0.836. The summed E-state index contributed by atoms with van der Waals surface area (Å²) in [5.74, 6) is 0. The van der Waals surface area contributed by atoms with Gasteiger partial charge < -0.3 is 10.1 Å². The zero-order chi connectivity index (χ0) is 14.0. The fourth-order valence-electron chi connectivity index (χ4n) is 2.87. The van der Waals surface area contributed by atoms with Gasteiger partial charge in [0.25, 0.3) is 0 Å². The minimum Gasteiger partial charge on any atom is -0.370 e. The first kappa shape index (κ1) is 15.9. The molecule has 1 heterocycles. The maximum Gasteiger partial charge on any atom is 0.0757 e. The highest BCUT2D eigenvalue weighted by atomic mass is 16.5. The minimum absolute atomic E-state index is 0.0215. The Morgan fingerprint density at radius 3 is 2.44 bits per heavy atom. The summed E-state index contributed by atoms with van der Waals surface area (Å²) in [6.07, 6.45) is 0.330. The predicted molar refractivity (Wildman–Crippen MR) is 78.0 cm³/mol. The van der Waals surface area contributed by atoms with Crippen LogP contribution in [0.25, 0.3) is 0 Å². The van der Waals surface area contributed by atoms with Gasteiger partial charge in [-0.3, -0.25) is 4.90 Å². The largest absolute Gasteiger partial charge is 0.370 e. The van der Waals surface area contributed by atoms with Crippen LogP contribution >= 0.6 is 0 Å². The molecule has 3 heteroatoms. The van der Waals surface area contributed by atoms with Crippen molar-refractivity contribution in [1.29, 1.82) is 0 Å². The molecule has 0 aromatic rings. The number of hydrogen-bond donors (Lipinski definition) is 1. The number of ether oxygens (including phenoxy) is 1. The lowest BCUT2D eigenvalue weighted by molar-refractivity contribution is -0.131. The third-order valence-corrected chi connectivity index (χ3v) is 3.58. The van der Waals surface area contributed by atoms with E-state index in [1.807, 2.05) is 0 Å². The summed E-state index contributed by atoms with van der Waals surface area (Å²) in [7, 11) is 0. The zero-order valence-corrected chi connectivity index (χ0v) is 13.3. The average molecular weight is 256 g/mol. The molecule has 0 radical (unpaired) electrons. The smallest absolute Gasteiger partial charge is 0.0757 e. The molecule has 0 aliphatic carbocycles. The Labute approximate surface area is 113 Å². The third kappa shape index (κ3) is 4.87. The molecule has 1 aliphatic heterocycles. The molecule has 0 aromatic carbocycles. The molecule has 0 saturated carbocycles. The van der Waals surface area contributed by atoms with Crippen molar-refractivity contribution in [3.63, 3.8) is 0 Å². The fraction of sp³-hybridized carbons (Fsp3) is 1.00. The first-order chi connectivity index (χ1) is 8.14. The van der Waals surface area contributed by atoms with Crippen LogP contribution in [0.4, 0.5) is 0 Å². The number of nitrogens with one attached hydrogen (secondary N) is 1. The monoisotopic (exact) mass is 256 g/mol. The number of morpholine rings is 1. The molecule has 1 saturated heterocycles. The molecule has 3 nitrogen and oxygen atoms in total. The molecule has 2 atom stereocenters. The normalized spacial score (nSPS) is 27.2. The molecule has 0 spiro atoms. The summed E-state index contributed by atoms with van der Waals surface area (Å²) >= 11 is 0. The van der Waals surface area contributed by atoms with Crippen molar-refractivity contribution in [2.45, 2.75) is 66.2 Å². The molecule has 0 aromatic heterocycles. The number of likely N-dealkylation sites (N-methyl/N-ethyl adjacent to an activating group) is 1. The Morgan fingerprint density at radius 1 is 1.39 bits per heavy atom.